The van der Waals surface area contributed by atoms with E-state index in [-0.39, 0.29) is 0 Å². The average Bonchev–Trinajstić information content (AvgIpc) is 2.79. The normalized spacial score (nSPS) is 12.4. The number of carboxylic acids is 2. The fourth-order valence-electron chi connectivity index (χ4n) is 2.43. The molecule has 0 bridgehead atoms. The number of benzene rings is 1. The van der Waals surface area contributed by atoms with E-state index in [0.717, 1.165) is 16.5 Å². The van der Waals surface area contributed by atoms with E-state index < -0.39 is 24.3 Å². The highest BCUT2D eigenvalue weighted by Gasteiger charge is 2.26. The summed E-state index contributed by atoms with van der Waals surface area (Å²) in [4.78, 5) is 25.3. The fraction of sp³-hybridized carbons (Fsp3) is 0.286. The molecule has 0 amide bonds. The fourth-order valence-corrected chi connectivity index (χ4v) is 2.43. The number of hydrogen-bond donors (Lipinski definition) is 4. The number of hydrogen-bond acceptors (Lipinski definition) is 3. The molecule has 0 aliphatic carbocycles. The highest BCUT2D eigenvalue weighted by molar-refractivity contribution is 5.93. The lowest BCUT2D eigenvalue weighted by Gasteiger charge is -2.13. The van der Waals surface area contributed by atoms with E-state index in [1.54, 1.807) is 18.3 Å². The van der Waals surface area contributed by atoms with Crippen LogP contribution in [-0.4, -0.2) is 33.7 Å². The van der Waals surface area contributed by atoms with E-state index in [2.05, 4.69) is 4.98 Å². The molecule has 0 saturated heterocycles. The molecule has 0 saturated carbocycles. The van der Waals surface area contributed by atoms with Gasteiger partial charge in [0.15, 0.2) is 0 Å². The summed E-state index contributed by atoms with van der Waals surface area (Å²) in [5.74, 6) is -3.34. The Hall–Kier alpha value is -2.34. The van der Waals surface area contributed by atoms with Crippen molar-refractivity contribution in [1.82, 2.24) is 4.98 Å². The summed E-state index contributed by atoms with van der Waals surface area (Å²) in [7, 11) is 0. The minimum absolute atomic E-state index is 0.442. The average molecular weight is 276 g/mol. The van der Waals surface area contributed by atoms with Crippen LogP contribution in [0.3, 0.4) is 0 Å². The molecule has 0 radical (unpaired) electrons. The van der Waals surface area contributed by atoms with Crippen molar-refractivity contribution < 1.29 is 19.8 Å². The number of aliphatic carboxylic acids is 2. The van der Waals surface area contributed by atoms with Crippen LogP contribution in [0.25, 0.3) is 10.9 Å². The second kappa shape index (κ2) is 5.75. The Morgan fingerprint density at radius 2 is 2.05 bits per heavy atom. The second-order valence-corrected chi connectivity index (χ2v) is 4.61. The molecule has 1 heterocycles. The maximum Gasteiger partial charge on any atom is 0.311 e. The highest BCUT2D eigenvalue weighted by atomic mass is 16.4. The van der Waals surface area contributed by atoms with Gasteiger partial charge in [-0.25, -0.2) is 0 Å². The van der Waals surface area contributed by atoms with Gasteiger partial charge in [0.05, 0.1) is 12.3 Å². The van der Waals surface area contributed by atoms with Gasteiger partial charge in [-0.15, -0.1) is 0 Å². The van der Waals surface area contributed by atoms with Gasteiger partial charge in [0.25, 0.3) is 0 Å². The summed E-state index contributed by atoms with van der Waals surface area (Å²) in [6.07, 6.45) is 1.96. The molecule has 0 aliphatic rings. The van der Waals surface area contributed by atoms with Gasteiger partial charge in [0, 0.05) is 17.1 Å². The van der Waals surface area contributed by atoms with Crippen LogP contribution in [0.15, 0.2) is 24.4 Å². The minimum Gasteiger partial charge on any atom is -0.481 e. The quantitative estimate of drug-likeness (QED) is 0.634. The van der Waals surface area contributed by atoms with Gasteiger partial charge in [0.2, 0.25) is 0 Å². The van der Waals surface area contributed by atoms with Gasteiger partial charge in [0.1, 0.15) is 0 Å². The topological polar surface area (TPSA) is 116 Å². The summed E-state index contributed by atoms with van der Waals surface area (Å²) in [5, 5.41) is 19.0. The van der Waals surface area contributed by atoms with Crippen molar-refractivity contribution in [1.29, 1.82) is 0 Å². The van der Waals surface area contributed by atoms with Crippen molar-refractivity contribution in [3.63, 3.8) is 0 Å². The number of aromatic amines is 1. The summed E-state index contributed by atoms with van der Waals surface area (Å²) >= 11 is 0. The van der Waals surface area contributed by atoms with Crippen molar-refractivity contribution in [2.75, 3.05) is 6.54 Å². The first-order valence-corrected chi connectivity index (χ1v) is 6.28. The van der Waals surface area contributed by atoms with Gasteiger partial charge in [-0.1, -0.05) is 12.1 Å². The molecule has 1 aromatic heterocycles. The Labute approximate surface area is 115 Å². The molecule has 1 aromatic carbocycles. The third kappa shape index (κ3) is 2.65. The molecule has 6 heteroatoms. The summed E-state index contributed by atoms with van der Waals surface area (Å²) in [6.45, 7) is 0.442. The van der Waals surface area contributed by atoms with Gasteiger partial charge >= 0.3 is 11.9 Å². The van der Waals surface area contributed by atoms with Crippen LogP contribution in [0.1, 0.15) is 23.5 Å². The number of carboxylic acid groups (broad SMARTS) is 2. The van der Waals surface area contributed by atoms with Crippen molar-refractivity contribution in [2.24, 2.45) is 5.73 Å². The first kappa shape index (κ1) is 14.1. The molecule has 1 atom stereocenters. The molecule has 106 valence electrons. The number of H-pyrrole nitrogens is 1. The van der Waals surface area contributed by atoms with Crippen LogP contribution >= 0.6 is 0 Å². The molecule has 20 heavy (non-hydrogen) atoms. The van der Waals surface area contributed by atoms with E-state index in [0.29, 0.717) is 18.5 Å². The number of carbonyl (C=O) groups is 2. The number of fused-ring (bicyclic) bond motifs is 1. The molecule has 0 fully saturated rings. The molecule has 6 nitrogen and oxygen atoms in total. The largest absolute Gasteiger partial charge is 0.481 e. The maximum absolute atomic E-state index is 11.4. The van der Waals surface area contributed by atoms with E-state index in [1.807, 2.05) is 6.07 Å². The van der Waals surface area contributed by atoms with Crippen LogP contribution < -0.4 is 5.73 Å². The molecule has 2 rings (SSSR count). The Bertz CT molecular complexity index is 648. The minimum atomic E-state index is -1.14. The molecular weight excluding hydrogens is 260 g/mol. The van der Waals surface area contributed by atoms with E-state index in [1.165, 1.54) is 0 Å². The van der Waals surface area contributed by atoms with Gasteiger partial charge in [-0.2, -0.15) is 0 Å². The molecule has 1 unspecified atom stereocenters. The zero-order chi connectivity index (χ0) is 14.7. The molecule has 2 aromatic rings. The van der Waals surface area contributed by atoms with E-state index in [4.69, 9.17) is 10.8 Å². The predicted molar refractivity (Wildman–Crippen MR) is 73.7 cm³/mol. The smallest absolute Gasteiger partial charge is 0.311 e. The summed E-state index contributed by atoms with van der Waals surface area (Å²) in [6, 6.07) is 5.22. The lowest BCUT2D eigenvalue weighted by atomic mass is 9.91. The van der Waals surface area contributed by atoms with Crippen LogP contribution in [0.4, 0.5) is 0 Å². The van der Waals surface area contributed by atoms with Crippen molar-refractivity contribution in [2.45, 2.75) is 18.8 Å². The van der Waals surface area contributed by atoms with Gasteiger partial charge in [-0.05, 0) is 30.2 Å². The first-order chi connectivity index (χ1) is 9.54. The van der Waals surface area contributed by atoms with Crippen molar-refractivity contribution in [3.8, 4) is 0 Å². The molecular formula is C14H16N2O4. The van der Waals surface area contributed by atoms with Crippen molar-refractivity contribution >= 4 is 22.8 Å². The third-order valence-electron chi connectivity index (χ3n) is 3.29. The monoisotopic (exact) mass is 276 g/mol. The van der Waals surface area contributed by atoms with Gasteiger partial charge < -0.3 is 20.9 Å². The number of aromatic nitrogens is 1. The zero-order valence-corrected chi connectivity index (χ0v) is 10.8. The first-order valence-electron chi connectivity index (χ1n) is 6.28. The molecule has 0 spiro atoms. The Morgan fingerprint density at radius 3 is 2.65 bits per heavy atom. The second-order valence-electron chi connectivity index (χ2n) is 4.61. The Kier molecular flexibility index (Phi) is 4.05. The maximum atomic E-state index is 11.4. The van der Waals surface area contributed by atoms with Crippen LogP contribution in [0, 0.1) is 0 Å². The van der Waals surface area contributed by atoms with Crippen LogP contribution in [-0.2, 0) is 16.0 Å². The van der Waals surface area contributed by atoms with E-state index in [9.17, 15) is 14.7 Å². The Morgan fingerprint density at radius 1 is 1.30 bits per heavy atom. The van der Waals surface area contributed by atoms with Crippen LogP contribution in [0.5, 0.6) is 0 Å². The highest BCUT2D eigenvalue weighted by Crippen LogP contribution is 2.31. The molecule has 5 N–H and O–H groups in total. The van der Waals surface area contributed by atoms with Crippen molar-refractivity contribution in [3.05, 3.63) is 35.5 Å². The SMILES string of the molecule is NCCc1c[nH]c2cccc(C(CC(=O)O)C(=O)O)c12. The zero-order valence-electron chi connectivity index (χ0n) is 10.8. The summed E-state index contributed by atoms with van der Waals surface area (Å²) in [5.41, 5.74) is 7.77. The lowest BCUT2D eigenvalue weighted by Crippen LogP contribution is -2.16. The number of nitrogens with one attached hydrogen (secondary N) is 1. The van der Waals surface area contributed by atoms with Crippen LogP contribution in [0.2, 0.25) is 0 Å². The molecule has 0 aliphatic heterocycles. The lowest BCUT2D eigenvalue weighted by molar-refractivity contribution is -0.145. The van der Waals surface area contributed by atoms with E-state index >= 15 is 0 Å². The number of rotatable bonds is 6. The predicted octanol–water partition coefficient (Wildman–Crippen LogP) is 1.31. The standard InChI is InChI=1S/C14H16N2O4/c15-5-4-8-7-16-11-3-1-2-9(13(8)11)10(14(19)20)6-12(17)18/h1-3,7,10,16H,4-6,15H2,(H,17,18)(H,19,20). The van der Waals surface area contributed by atoms with Gasteiger partial charge in [-0.3, -0.25) is 9.59 Å². The summed E-state index contributed by atoms with van der Waals surface area (Å²) < 4.78 is 0. The Balaban J connectivity index is 2.58. The third-order valence-corrected chi connectivity index (χ3v) is 3.29. The number of nitrogens with two attached hydrogens (primary N) is 1.